The van der Waals surface area contributed by atoms with E-state index in [1.54, 1.807) is 6.26 Å². The Morgan fingerprint density at radius 1 is 1.56 bits per heavy atom. The lowest BCUT2D eigenvalue weighted by Gasteiger charge is -2.11. The monoisotopic (exact) mass is 282 g/mol. The summed E-state index contributed by atoms with van der Waals surface area (Å²) in [4.78, 5) is 4.15. The summed E-state index contributed by atoms with van der Waals surface area (Å²) >= 11 is 2.48. The van der Waals surface area contributed by atoms with Crippen LogP contribution in [0.2, 0.25) is 0 Å². The number of aliphatic imine (C=N–C) groups is 1. The average molecular weight is 282 g/mol. The van der Waals surface area contributed by atoms with Crippen LogP contribution >= 0.6 is 29.9 Å². The van der Waals surface area contributed by atoms with Gasteiger partial charge in [0.2, 0.25) is 0 Å². The molecule has 0 bridgehead atoms. The van der Waals surface area contributed by atoms with Crippen LogP contribution in [0.3, 0.4) is 0 Å². The van der Waals surface area contributed by atoms with Crippen molar-refractivity contribution in [3.05, 3.63) is 0 Å². The summed E-state index contributed by atoms with van der Waals surface area (Å²) in [5.41, 5.74) is 0.791. The number of nitrogens with zero attached hydrogens (tertiary/aromatic N) is 2. The van der Waals surface area contributed by atoms with E-state index in [4.69, 9.17) is 9.15 Å². The number of thioether (sulfide) groups is 1. The van der Waals surface area contributed by atoms with Gasteiger partial charge in [0.05, 0.1) is 5.71 Å². The predicted octanol–water partition coefficient (Wildman–Crippen LogP) is 3.38. The Hall–Kier alpha value is 0.0300. The molecular formula is C8H15N2O3PS2. The van der Waals surface area contributed by atoms with Gasteiger partial charge in [-0.15, -0.1) is 0 Å². The van der Waals surface area contributed by atoms with E-state index in [-0.39, 0.29) is 4.87 Å². The standard InChI is InChI=1S/C8H15N2O3PS2/c1-6-7(16-8(2,3)9-6)10-13-14(11,12-4)15-5/h1-5H3/b10-7-. The molecule has 1 aliphatic heterocycles. The number of rotatable bonds is 4. The maximum absolute atomic E-state index is 11.7. The second kappa shape index (κ2) is 5.12. The van der Waals surface area contributed by atoms with Gasteiger partial charge in [-0.25, -0.2) is 4.57 Å². The van der Waals surface area contributed by atoms with Crippen LogP contribution in [0, 0.1) is 0 Å². The van der Waals surface area contributed by atoms with Crippen molar-refractivity contribution in [2.45, 2.75) is 25.6 Å². The van der Waals surface area contributed by atoms with Crippen LogP contribution in [-0.4, -0.2) is 29.0 Å². The van der Waals surface area contributed by atoms with Crippen molar-refractivity contribution in [2.24, 2.45) is 10.1 Å². The van der Waals surface area contributed by atoms with E-state index in [1.807, 2.05) is 20.8 Å². The molecule has 0 aromatic heterocycles. The summed E-state index contributed by atoms with van der Waals surface area (Å²) in [7, 11) is 1.34. The molecule has 1 atom stereocenters. The Kier molecular flexibility index (Phi) is 4.51. The first-order chi connectivity index (χ1) is 7.32. The topological polar surface area (TPSA) is 60.2 Å². The normalized spacial score (nSPS) is 25.3. The van der Waals surface area contributed by atoms with Crippen LogP contribution in [0.4, 0.5) is 0 Å². The third kappa shape index (κ3) is 3.52. The Morgan fingerprint density at radius 2 is 2.19 bits per heavy atom. The smallest absolute Gasteiger partial charge is 0.304 e. The maximum atomic E-state index is 11.7. The zero-order valence-electron chi connectivity index (χ0n) is 9.88. The van der Waals surface area contributed by atoms with Gasteiger partial charge >= 0.3 is 6.80 Å². The van der Waals surface area contributed by atoms with Crippen LogP contribution in [0.1, 0.15) is 20.8 Å². The van der Waals surface area contributed by atoms with E-state index in [0.717, 1.165) is 17.1 Å². The van der Waals surface area contributed by atoms with Crippen molar-refractivity contribution in [2.75, 3.05) is 13.4 Å². The fourth-order valence-electron chi connectivity index (χ4n) is 1.10. The highest BCUT2D eigenvalue weighted by Crippen LogP contribution is 2.59. The Labute approximate surface area is 104 Å². The van der Waals surface area contributed by atoms with Crippen LogP contribution in [0.15, 0.2) is 10.1 Å². The van der Waals surface area contributed by atoms with Crippen molar-refractivity contribution in [3.8, 4) is 0 Å². The van der Waals surface area contributed by atoms with Gasteiger partial charge in [-0.3, -0.25) is 9.52 Å². The van der Waals surface area contributed by atoms with Gasteiger partial charge in [0.25, 0.3) is 0 Å². The molecule has 0 saturated heterocycles. The predicted molar refractivity (Wildman–Crippen MR) is 71.4 cm³/mol. The molecule has 5 nitrogen and oxygen atoms in total. The Morgan fingerprint density at radius 3 is 2.56 bits per heavy atom. The van der Waals surface area contributed by atoms with Crippen molar-refractivity contribution in [3.63, 3.8) is 0 Å². The lowest BCUT2D eigenvalue weighted by Crippen LogP contribution is -2.06. The lowest BCUT2D eigenvalue weighted by molar-refractivity contribution is 0.262. The average Bonchev–Trinajstić information content (AvgIpc) is 2.48. The minimum atomic E-state index is -3.14. The van der Waals surface area contributed by atoms with Gasteiger partial charge in [0.15, 0.2) is 5.04 Å². The summed E-state index contributed by atoms with van der Waals surface area (Å²) in [6.45, 7) is 2.67. The molecule has 16 heavy (non-hydrogen) atoms. The zero-order valence-corrected chi connectivity index (χ0v) is 12.4. The fourth-order valence-corrected chi connectivity index (χ4v) is 3.29. The first-order valence-electron chi connectivity index (χ1n) is 4.56. The molecule has 1 heterocycles. The molecule has 0 N–H and O–H groups in total. The number of hydrogen-bond donors (Lipinski definition) is 0. The van der Waals surface area contributed by atoms with Crippen molar-refractivity contribution in [1.82, 2.24) is 0 Å². The SMILES string of the molecule is COP(=O)(O/N=C1\SC(C)(C)N=C1C)SC. The molecule has 0 aliphatic carbocycles. The van der Waals surface area contributed by atoms with Gasteiger partial charge < -0.3 is 4.62 Å². The van der Waals surface area contributed by atoms with Crippen LogP contribution in [0.25, 0.3) is 0 Å². The van der Waals surface area contributed by atoms with Crippen molar-refractivity contribution < 1.29 is 13.7 Å². The van der Waals surface area contributed by atoms with E-state index in [0.29, 0.717) is 5.04 Å². The number of hydrogen-bond acceptors (Lipinski definition) is 7. The van der Waals surface area contributed by atoms with Gasteiger partial charge in [0.1, 0.15) is 4.87 Å². The van der Waals surface area contributed by atoms with E-state index >= 15 is 0 Å². The number of oxime groups is 1. The molecule has 1 unspecified atom stereocenters. The summed E-state index contributed by atoms with van der Waals surface area (Å²) in [6.07, 6.45) is 1.65. The molecule has 0 aromatic rings. The molecule has 0 radical (unpaired) electrons. The molecule has 0 aromatic carbocycles. The quantitative estimate of drug-likeness (QED) is 0.584. The van der Waals surface area contributed by atoms with Crippen LogP contribution in [0.5, 0.6) is 0 Å². The summed E-state index contributed by atoms with van der Waals surface area (Å²) in [5, 5.41) is 4.50. The molecule has 0 spiro atoms. The van der Waals surface area contributed by atoms with Crippen molar-refractivity contribution >= 4 is 40.7 Å². The second-order valence-electron chi connectivity index (χ2n) is 3.54. The fraction of sp³-hybridized carbons (Fsp3) is 0.750. The third-order valence-electron chi connectivity index (χ3n) is 1.76. The van der Waals surface area contributed by atoms with E-state index in [1.165, 1.54) is 18.9 Å². The van der Waals surface area contributed by atoms with Gasteiger partial charge in [0, 0.05) is 7.11 Å². The molecule has 8 heteroatoms. The molecule has 1 rings (SSSR count). The summed E-state index contributed by atoms with van der Waals surface area (Å²) in [6, 6.07) is 0. The van der Waals surface area contributed by atoms with E-state index in [9.17, 15) is 4.57 Å². The molecular weight excluding hydrogens is 267 g/mol. The minimum Gasteiger partial charge on any atom is -0.304 e. The molecule has 0 amide bonds. The Balaban J connectivity index is 2.75. The summed E-state index contributed by atoms with van der Waals surface area (Å²) < 4.78 is 21.5. The molecule has 0 saturated carbocycles. The van der Waals surface area contributed by atoms with Gasteiger partial charge in [-0.1, -0.05) is 16.9 Å². The lowest BCUT2D eigenvalue weighted by atomic mass is 10.4. The third-order valence-corrected chi connectivity index (χ3v) is 6.08. The molecule has 92 valence electrons. The summed E-state index contributed by atoms with van der Waals surface area (Å²) in [5.74, 6) is 0. The van der Waals surface area contributed by atoms with Gasteiger partial charge in [-0.05, 0) is 38.4 Å². The van der Waals surface area contributed by atoms with Crippen molar-refractivity contribution in [1.29, 1.82) is 0 Å². The first kappa shape index (κ1) is 14.1. The largest absolute Gasteiger partial charge is 0.459 e. The zero-order chi connectivity index (χ0) is 12.4. The minimum absolute atomic E-state index is 0.233. The second-order valence-corrected chi connectivity index (χ2v) is 9.35. The van der Waals surface area contributed by atoms with E-state index < -0.39 is 6.80 Å². The highest BCUT2D eigenvalue weighted by molar-refractivity contribution is 8.54. The molecule has 0 fully saturated rings. The highest BCUT2D eigenvalue weighted by Gasteiger charge is 2.31. The maximum Gasteiger partial charge on any atom is 0.459 e. The highest BCUT2D eigenvalue weighted by atomic mass is 32.7. The van der Waals surface area contributed by atoms with E-state index in [2.05, 4.69) is 10.1 Å². The van der Waals surface area contributed by atoms with Crippen LogP contribution in [-0.2, 0) is 13.7 Å². The van der Waals surface area contributed by atoms with Gasteiger partial charge in [-0.2, -0.15) is 0 Å². The van der Waals surface area contributed by atoms with Crippen LogP contribution < -0.4 is 0 Å². The Bertz CT molecular complexity index is 373. The first-order valence-corrected chi connectivity index (χ1v) is 8.75. The molecule has 1 aliphatic rings.